The minimum atomic E-state index is -0.0466. The van der Waals surface area contributed by atoms with Gasteiger partial charge in [0.2, 0.25) is 5.88 Å². The first-order valence-electron chi connectivity index (χ1n) is 9.25. The fourth-order valence-corrected chi connectivity index (χ4v) is 4.45. The minimum absolute atomic E-state index is 0.0432. The molecule has 0 atom stereocenters. The number of H-pyrrole nitrogens is 1. The van der Waals surface area contributed by atoms with Gasteiger partial charge in [0.25, 0.3) is 5.91 Å². The molecule has 2 aliphatic heterocycles. The maximum atomic E-state index is 12.9. The van der Waals surface area contributed by atoms with Crippen LogP contribution in [0, 0.1) is 0 Å². The van der Waals surface area contributed by atoms with Gasteiger partial charge in [-0.25, -0.2) is 9.97 Å². The highest BCUT2D eigenvalue weighted by molar-refractivity contribution is 5.94. The van der Waals surface area contributed by atoms with Crippen molar-refractivity contribution in [2.45, 2.75) is 31.7 Å². The van der Waals surface area contributed by atoms with Crippen molar-refractivity contribution in [1.82, 2.24) is 24.8 Å². The molecular weight excluding hydrogens is 330 g/mol. The van der Waals surface area contributed by atoms with Crippen LogP contribution in [0.2, 0.25) is 0 Å². The molecule has 2 aromatic rings. The number of amides is 1. The van der Waals surface area contributed by atoms with Gasteiger partial charge in [-0.05, 0) is 25.5 Å². The SMILES string of the molecule is CCN1CCc2[nH]cnc2C12CCN(C(=O)c1ccnc(OC)c1)CC2. The third kappa shape index (κ3) is 2.67. The summed E-state index contributed by atoms with van der Waals surface area (Å²) in [5, 5.41) is 0. The van der Waals surface area contributed by atoms with Gasteiger partial charge in [0.15, 0.2) is 0 Å². The normalized spacial score (nSPS) is 19.4. The standard InChI is InChI=1S/C19H25N5O2/c1-3-24-9-5-15-17(22-13-21-15)19(24)6-10-23(11-7-19)18(25)14-4-8-20-16(12-14)26-2/h4,8,12-13H,3,5-7,9-11H2,1-2H3,(H,21,22). The van der Waals surface area contributed by atoms with Gasteiger partial charge in [-0.15, -0.1) is 0 Å². The van der Waals surface area contributed by atoms with E-state index in [1.807, 2.05) is 11.2 Å². The number of ether oxygens (including phenoxy) is 1. The Morgan fingerprint density at radius 3 is 2.85 bits per heavy atom. The Labute approximate surface area is 153 Å². The molecule has 1 spiro atoms. The van der Waals surface area contributed by atoms with E-state index < -0.39 is 0 Å². The first-order chi connectivity index (χ1) is 12.7. The highest BCUT2D eigenvalue weighted by Gasteiger charge is 2.46. The van der Waals surface area contributed by atoms with Gasteiger partial charge in [-0.1, -0.05) is 6.92 Å². The number of imidazole rings is 1. The van der Waals surface area contributed by atoms with Crippen LogP contribution in [0.15, 0.2) is 24.7 Å². The fraction of sp³-hybridized carbons (Fsp3) is 0.526. The molecule has 2 aromatic heterocycles. The van der Waals surface area contributed by atoms with E-state index in [1.165, 1.54) is 11.4 Å². The van der Waals surface area contributed by atoms with Crippen LogP contribution >= 0.6 is 0 Å². The number of aromatic amines is 1. The Morgan fingerprint density at radius 2 is 2.12 bits per heavy atom. The predicted molar refractivity (Wildman–Crippen MR) is 97.1 cm³/mol. The highest BCUT2D eigenvalue weighted by atomic mass is 16.5. The highest BCUT2D eigenvalue weighted by Crippen LogP contribution is 2.42. The molecule has 2 aliphatic rings. The van der Waals surface area contributed by atoms with Crippen LogP contribution in [-0.4, -0.2) is 63.9 Å². The molecule has 1 N–H and O–H groups in total. The number of nitrogens with zero attached hydrogens (tertiary/aromatic N) is 4. The van der Waals surface area contributed by atoms with E-state index >= 15 is 0 Å². The Balaban J connectivity index is 1.54. The molecule has 0 aliphatic carbocycles. The number of fused-ring (bicyclic) bond motifs is 2. The van der Waals surface area contributed by atoms with E-state index in [9.17, 15) is 4.79 Å². The van der Waals surface area contributed by atoms with Crippen molar-refractivity contribution in [3.63, 3.8) is 0 Å². The molecule has 0 aromatic carbocycles. The molecule has 4 heterocycles. The average molecular weight is 355 g/mol. The Bertz CT molecular complexity index is 795. The number of rotatable bonds is 3. The number of carbonyl (C=O) groups excluding carboxylic acids is 1. The van der Waals surface area contributed by atoms with Crippen molar-refractivity contribution in [3.8, 4) is 5.88 Å². The summed E-state index contributed by atoms with van der Waals surface area (Å²) < 4.78 is 5.14. The zero-order chi connectivity index (χ0) is 18.1. The van der Waals surface area contributed by atoms with Crippen LogP contribution in [0.1, 0.15) is 41.5 Å². The van der Waals surface area contributed by atoms with Crippen molar-refractivity contribution < 1.29 is 9.53 Å². The molecular formula is C19H25N5O2. The average Bonchev–Trinajstić information content (AvgIpc) is 3.18. The number of nitrogens with one attached hydrogen (secondary N) is 1. The van der Waals surface area contributed by atoms with Gasteiger partial charge >= 0.3 is 0 Å². The lowest BCUT2D eigenvalue weighted by molar-refractivity contribution is 0.0102. The van der Waals surface area contributed by atoms with Crippen LogP contribution < -0.4 is 4.74 Å². The van der Waals surface area contributed by atoms with Crippen LogP contribution in [0.3, 0.4) is 0 Å². The lowest BCUT2D eigenvalue weighted by Gasteiger charge is -2.50. The van der Waals surface area contributed by atoms with Crippen LogP contribution in [0.25, 0.3) is 0 Å². The second-order valence-electron chi connectivity index (χ2n) is 6.97. The first kappa shape index (κ1) is 17.0. The summed E-state index contributed by atoms with van der Waals surface area (Å²) in [6.45, 7) is 5.71. The molecule has 1 fully saturated rings. The topological polar surface area (TPSA) is 74.4 Å². The van der Waals surface area contributed by atoms with E-state index in [0.717, 1.165) is 45.4 Å². The maximum absolute atomic E-state index is 12.9. The van der Waals surface area contributed by atoms with Crippen LogP contribution in [-0.2, 0) is 12.0 Å². The molecule has 138 valence electrons. The number of hydrogen-bond donors (Lipinski definition) is 1. The molecule has 26 heavy (non-hydrogen) atoms. The van der Waals surface area contributed by atoms with Gasteiger partial charge in [0.05, 0.1) is 24.7 Å². The van der Waals surface area contributed by atoms with E-state index in [1.54, 1.807) is 25.4 Å². The summed E-state index contributed by atoms with van der Waals surface area (Å²) in [6, 6.07) is 3.46. The summed E-state index contributed by atoms with van der Waals surface area (Å²) in [6.07, 6.45) is 6.27. The quantitative estimate of drug-likeness (QED) is 0.909. The number of methoxy groups -OCH3 is 1. The number of likely N-dealkylation sites (tertiary alicyclic amines) is 1. The van der Waals surface area contributed by atoms with Gasteiger partial charge in [-0.2, -0.15) is 0 Å². The summed E-state index contributed by atoms with van der Waals surface area (Å²) in [5.41, 5.74) is 3.02. The number of piperidine rings is 1. The lowest BCUT2D eigenvalue weighted by atomic mass is 9.78. The molecule has 0 radical (unpaired) electrons. The van der Waals surface area contributed by atoms with E-state index in [0.29, 0.717) is 11.4 Å². The van der Waals surface area contributed by atoms with Crippen LogP contribution in [0.4, 0.5) is 0 Å². The first-order valence-corrected chi connectivity index (χ1v) is 9.25. The van der Waals surface area contributed by atoms with Gasteiger partial charge in [0, 0.05) is 49.6 Å². The van der Waals surface area contributed by atoms with Crippen molar-refractivity contribution in [1.29, 1.82) is 0 Å². The fourth-order valence-electron chi connectivity index (χ4n) is 4.45. The zero-order valence-corrected chi connectivity index (χ0v) is 15.4. The third-order valence-electron chi connectivity index (χ3n) is 5.85. The summed E-state index contributed by atoms with van der Waals surface area (Å²) in [4.78, 5) is 29.4. The van der Waals surface area contributed by atoms with Gasteiger partial charge in [-0.3, -0.25) is 9.69 Å². The van der Waals surface area contributed by atoms with Crippen molar-refractivity contribution in [2.75, 3.05) is 33.3 Å². The van der Waals surface area contributed by atoms with E-state index in [-0.39, 0.29) is 11.4 Å². The van der Waals surface area contributed by atoms with Crippen molar-refractivity contribution >= 4 is 5.91 Å². The van der Waals surface area contributed by atoms with Crippen molar-refractivity contribution in [2.24, 2.45) is 0 Å². The monoisotopic (exact) mass is 355 g/mol. The predicted octanol–water partition coefficient (Wildman–Crippen LogP) is 1.82. The Hall–Kier alpha value is -2.41. The Kier molecular flexibility index (Phi) is 4.40. The zero-order valence-electron chi connectivity index (χ0n) is 15.4. The third-order valence-corrected chi connectivity index (χ3v) is 5.85. The van der Waals surface area contributed by atoms with Crippen molar-refractivity contribution in [3.05, 3.63) is 41.6 Å². The summed E-state index contributed by atoms with van der Waals surface area (Å²) >= 11 is 0. The second-order valence-corrected chi connectivity index (χ2v) is 6.97. The molecule has 0 bridgehead atoms. The molecule has 1 amide bonds. The molecule has 1 saturated heterocycles. The minimum Gasteiger partial charge on any atom is -0.481 e. The number of likely N-dealkylation sites (N-methyl/N-ethyl adjacent to an activating group) is 1. The van der Waals surface area contributed by atoms with E-state index in [4.69, 9.17) is 4.74 Å². The summed E-state index contributed by atoms with van der Waals surface area (Å²) in [7, 11) is 1.56. The summed E-state index contributed by atoms with van der Waals surface area (Å²) in [5.74, 6) is 0.511. The van der Waals surface area contributed by atoms with E-state index in [2.05, 4.69) is 26.8 Å². The van der Waals surface area contributed by atoms with Gasteiger partial charge < -0.3 is 14.6 Å². The van der Waals surface area contributed by atoms with Crippen LogP contribution in [0.5, 0.6) is 5.88 Å². The Morgan fingerprint density at radius 1 is 1.31 bits per heavy atom. The number of aromatic nitrogens is 3. The maximum Gasteiger partial charge on any atom is 0.254 e. The van der Waals surface area contributed by atoms with Gasteiger partial charge in [0.1, 0.15) is 0 Å². The number of pyridine rings is 1. The number of carbonyl (C=O) groups is 1. The number of hydrogen-bond acceptors (Lipinski definition) is 5. The molecule has 4 rings (SSSR count). The molecule has 0 unspecified atom stereocenters. The molecule has 7 nitrogen and oxygen atoms in total. The largest absolute Gasteiger partial charge is 0.481 e. The molecule has 7 heteroatoms. The lowest BCUT2D eigenvalue weighted by Crippen LogP contribution is -2.57. The smallest absolute Gasteiger partial charge is 0.254 e. The molecule has 0 saturated carbocycles. The second kappa shape index (κ2) is 6.72.